The van der Waals surface area contributed by atoms with E-state index in [0.717, 1.165) is 5.56 Å². The Hall–Kier alpha value is -1.62. The number of nitro benzene ring substituents is 1. The Kier molecular flexibility index (Phi) is 1.89. The van der Waals surface area contributed by atoms with Crippen LogP contribution >= 0.6 is 0 Å². The van der Waals surface area contributed by atoms with Crippen LogP contribution in [0.3, 0.4) is 0 Å². The van der Waals surface area contributed by atoms with Crippen LogP contribution in [0.5, 0.6) is 5.75 Å². The normalized spacial score (nSPS) is 13.6. The molecule has 5 nitrogen and oxygen atoms in total. The van der Waals surface area contributed by atoms with Crippen LogP contribution in [0.25, 0.3) is 0 Å². The molecule has 0 aromatic heterocycles. The highest BCUT2D eigenvalue weighted by Gasteiger charge is 2.25. The molecule has 0 spiro atoms. The van der Waals surface area contributed by atoms with Crippen LogP contribution in [0.4, 0.5) is 5.69 Å². The van der Waals surface area contributed by atoms with Crippen molar-refractivity contribution in [2.45, 2.75) is 20.5 Å². The van der Waals surface area contributed by atoms with Gasteiger partial charge in [0.1, 0.15) is 6.61 Å². The predicted molar refractivity (Wildman–Crippen MR) is 48.0 cm³/mol. The van der Waals surface area contributed by atoms with E-state index in [9.17, 15) is 10.1 Å². The summed E-state index contributed by atoms with van der Waals surface area (Å²) >= 11 is 0. The van der Waals surface area contributed by atoms with E-state index in [1.165, 1.54) is 0 Å². The third-order valence-electron chi connectivity index (χ3n) is 2.36. The molecule has 1 aromatic carbocycles. The molecule has 1 aromatic rings. The number of benzene rings is 1. The van der Waals surface area contributed by atoms with Gasteiger partial charge < -0.3 is 4.89 Å². The largest absolute Gasteiger partial charge is 0.337 e. The topological polar surface area (TPSA) is 61.6 Å². The second-order valence-electron chi connectivity index (χ2n) is 3.25. The van der Waals surface area contributed by atoms with Crippen LogP contribution in [0.2, 0.25) is 0 Å². The van der Waals surface area contributed by atoms with Gasteiger partial charge >= 0.3 is 0 Å². The van der Waals surface area contributed by atoms with Gasteiger partial charge in [-0.15, -0.1) is 0 Å². The minimum Gasteiger partial charge on any atom is -0.337 e. The monoisotopic (exact) mass is 195 g/mol. The number of nitrogens with zero attached hydrogens (tertiary/aromatic N) is 1. The standard InChI is InChI=1S/C9H9NO4/c1-5-3-8-7(4-13-14-8)6(2)9(5)10(11)12/h3H,4H2,1-2H3. The molecule has 0 unspecified atom stereocenters. The summed E-state index contributed by atoms with van der Waals surface area (Å²) in [4.78, 5) is 20.0. The summed E-state index contributed by atoms with van der Waals surface area (Å²) < 4.78 is 0. The van der Waals surface area contributed by atoms with Gasteiger partial charge in [-0.1, -0.05) is 0 Å². The number of rotatable bonds is 1. The van der Waals surface area contributed by atoms with Gasteiger partial charge in [0.05, 0.1) is 4.92 Å². The zero-order valence-electron chi connectivity index (χ0n) is 7.86. The maximum atomic E-state index is 10.8. The smallest absolute Gasteiger partial charge is 0.275 e. The lowest BCUT2D eigenvalue weighted by Gasteiger charge is -2.04. The molecule has 0 N–H and O–H groups in total. The highest BCUT2D eigenvalue weighted by Crippen LogP contribution is 2.36. The first kappa shape index (κ1) is 8.96. The number of fused-ring (bicyclic) bond motifs is 1. The Morgan fingerprint density at radius 2 is 2.21 bits per heavy atom. The molecule has 74 valence electrons. The van der Waals surface area contributed by atoms with E-state index in [2.05, 4.69) is 0 Å². The van der Waals surface area contributed by atoms with E-state index in [1.807, 2.05) is 0 Å². The van der Waals surface area contributed by atoms with Gasteiger partial charge in [0.25, 0.3) is 5.69 Å². The van der Waals surface area contributed by atoms with Crippen molar-refractivity contribution in [2.75, 3.05) is 0 Å². The molecule has 14 heavy (non-hydrogen) atoms. The summed E-state index contributed by atoms with van der Waals surface area (Å²) in [7, 11) is 0. The molecule has 0 aliphatic carbocycles. The third-order valence-corrected chi connectivity index (χ3v) is 2.36. The average molecular weight is 195 g/mol. The zero-order valence-corrected chi connectivity index (χ0v) is 7.86. The lowest BCUT2D eigenvalue weighted by molar-refractivity contribution is -0.386. The van der Waals surface area contributed by atoms with E-state index < -0.39 is 0 Å². The van der Waals surface area contributed by atoms with Crippen LogP contribution in [0.15, 0.2) is 6.07 Å². The summed E-state index contributed by atoms with van der Waals surface area (Å²) in [5, 5.41) is 10.8. The Bertz CT molecular complexity index is 414. The summed E-state index contributed by atoms with van der Waals surface area (Å²) in [6, 6.07) is 1.63. The van der Waals surface area contributed by atoms with Crippen LogP contribution in [-0.2, 0) is 11.5 Å². The first-order valence-electron chi connectivity index (χ1n) is 4.18. The van der Waals surface area contributed by atoms with Crippen molar-refractivity contribution >= 4 is 5.69 Å². The van der Waals surface area contributed by atoms with E-state index in [0.29, 0.717) is 16.9 Å². The molecule has 1 aliphatic rings. The van der Waals surface area contributed by atoms with Gasteiger partial charge in [-0.05, 0) is 19.9 Å². The van der Waals surface area contributed by atoms with E-state index in [-0.39, 0.29) is 17.2 Å². The lowest BCUT2D eigenvalue weighted by Crippen LogP contribution is -1.97. The van der Waals surface area contributed by atoms with Crippen LogP contribution in [0.1, 0.15) is 16.7 Å². The molecule has 5 heteroatoms. The molecule has 0 atom stereocenters. The van der Waals surface area contributed by atoms with Crippen molar-refractivity contribution in [1.82, 2.24) is 0 Å². The van der Waals surface area contributed by atoms with E-state index in [4.69, 9.17) is 9.78 Å². The Balaban J connectivity index is 2.68. The molecule has 0 amide bonds. The minimum atomic E-state index is -0.372. The molecule has 0 saturated carbocycles. The fraction of sp³-hybridized carbons (Fsp3) is 0.333. The molecule has 0 bridgehead atoms. The molecule has 1 aliphatic heterocycles. The maximum absolute atomic E-state index is 10.8. The summed E-state index contributed by atoms with van der Waals surface area (Å²) in [5.41, 5.74) is 2.14. The van der Waals surface area contributed by atoms with Crippen molar-refractivity contribution in [1.29, 1.82) is 0 Å². The molecule has 2 rings (SSSR count). The van der Waals surface area contributed by atoms with Gasteiger partial charge in [0, 0.05) is 16.7 Å². The SMILES string of the molecule is Cc1cc2c(c(C)c1[N+](=O)[O-])COO2. The van der Waals surface area contributed by atoms with Gasteiger partial charge in [-0.3, -0.25) is 10.1 Å². The number of hydrogen-bond acceptors (Lipinski definition) is 4. The third kappa shape index (κ3) is 1.13. The summed E-state index contributed by atoms with van der Waals surface area (Å²) in [5.74, 6) is 0.589. The number of hydrogen-bond donors (Lipinski definition) is 0. The fourth-order valence-electron chi connectivity index (χ4n) is 1.66. The highest BCUT2D eigenvalue weighted by atomic mass is 17.2. The van der Waals surface area contributed by atoms with Crippen molar-refractivity contribution in [3.05, 3.63) is 32.9 Å². The number of nitro groups is 1. The Labute approximate surface area is 80.3 Å². The molecular formula is C9H9NO4. The van der Waals surface area contributed by atoms with Crippen molar-refractivity contribution in [2.24, 2.45) is 0 Å². The van der Waals surface area contributed by atoms with E-state index >= 15 is 0 Å². The van der Waals surface area contributed by atoms with Gasteiger partial charge in [-0.25, -0.2) is 0 Å². The predicted octanol–water partition coefficient (Wildman–Crippen LogP) is 2.04. The minimum absolute atomic E-state index is 0.151. The van der Waals surface area contributed by atoms with Gasteiger partial charge in [0.15, 0.2) is 5.75 Å². The van der Waals surface area contributed by atoms with Crippen molar-refractivity contribution < 1.29 is 14.7 Å². The first-order valence-corrected chi connectivity index (χ1v) is 4.18. The maximum Gasteiger partial charge on any atom is 0.275 e. The Morgan fingerprint density at radius 3 is 2.86 bits per heavy atom. The average Bonchev–Trinajstić information content (AvgIpc) is 2.50. The Morgan fingerprint density at radius 1 is 1.50 bits per heavy atom. The second kappa shape index (κ2) is 2.95. The summed E-state index contributed by atoms with van der Waals surface area (Å²) in [6.07, 6.45) is 0. The fourth-order valence-corrected chi connectivity index (χ4v) is 1.66. The van der Waals surface area contributed by atoms with Crippen LogP contribution < -0.4 is 4.89 Å². The summed E-state index contributed by atoms with van der Waals surface area (Å²) in [6.45, 7) is 3.68. The first-order chi connectivity index (χ1) is 6.61. The van der Waals surface area contributed by atoms with Crippen molar-refractivity contribution in [3.8, 4) is 5.75 Å². The molecule has 0 radical (unpaired) electrons. The molecule has 1 heterocycles. The van der Waals surface area contributed by atoms with Gasteiger partial charge in [0.2, 0.25) is 0 Å². The number of aryl methyl sites for hydroxylation is 1. The van der Waals surface area contributed by atoms with Crippen LogP contribution in [-0.4, -0.2) is 4.92 Å². The molecular weight excluding hydrogens is 186 g/mol. The second-order valence-corrected chi connectivity index (χ2v) is 3.25. The lowest BCUT2D eigenvalue weighted by atomic mass is 10.0. The van der Waals surface area contributed by atoms with Gasteiger partial charge in [-0.2, -0.15) is 4.89 Å². The highest BCUT2D eigenvalue weighted by molar-refractivity contribution is 5.57. The van der Waals surface area contributed by atoms with Crippen LogP contribution in [0, 0.1) is 24.0 Å². The van der Waals surface area contributed by atoms with E-state index in [1.54, 1.807) is 19.9 Å². The molecule has 0 saturated heterocycles. The zero-order chi connectivity index (χ0) is 10.3. The quantitative estimate of drug-likeness (QED) is 0.390. The molecule has 0 fully saturated rings. The van der Waals surface area contributed by atoms with Crippen molar-refractivity contribution in [3.63, 3.8) is 0 Å².